The average molecular weight is 857 g/mol. The van der Waals surface area contributed by atoms with E-state index in [0.717, 1.165) is 31.7 Å². The average Bonchev–Trinajstić information content (AvgIpc) is 3.38. The fourth-order valence-corrected chi connectivity index (χ4v) is 10.8. The third kappa shape index (κ3) is 7.34. The largest absolute Gasteiger partial charge is 0.507 e. The van der Waals surface area contributed by atoms with E-state index < -0.39 is 75.8 Å². The van der Waals surface area contributed by atoms with E-state index in [1.165, 1.54) is 31.9 Å². The van der Waals surface area contributed by atoms with E-state index in [0.29, 0.717) is 42.7 Å². The number of aliphatic carboxylic acids is 1. The highest BCUT2D eigenvalue weighted by Gasteiger charge is 2.67. The zero-order valence-corrected chi connectivity index (χ0v) is 35.3. The van der Waals surface area contributed by atoms with Crippen LogP contribution in [0.1, 0.15) is 121 Å². The molecule has 16 heteroatoms. The molecule has 0 spiro atoms. The lowest BCUT2D eigenvalue weighted by Gasteiger charge is -2.58. The van der Waals surface area contributed by atoms with Gasteiger partial charge in [0.25, 0.3) is 0 Å². The van der Waals surface area contributed by atoms with E-state index in [2.05, 4.69) is 26.8 Å². The van der Waals surface area contributed by atoms with Crippen LogP contribution < -0.4 is 9.47 Å². The quantitative estimate of drug-likeness (QED) is 0.0920. The number of Topliss-reactive ketones (excluding diaryl/α,β-unsaturated/α-hetero) is 1. The number of ether oxygens (including phenoxy) is 4. The summed E-state index contributed by atoms with van der Waals surface area (Å²) in [7, 11) is 0. The maximum atomic E-state index is 12.9. The number of aromatic carboxylic acids is 1. The zero-order chi connectivity index (χ0) is 45.8. The minimum Gasteiger partial charge on any atom is -0.507 e. The Balaban J connectivity index is 0.000000210. The number of carbonyl (C=O) groups is 8. The monoisotopic (exact) mass is 856 g/mol. The number of hydrogen-bond acceptors (Lipinski definition) is 14. The molecule has 5 aliphatic rings. The van der Waals surface area contributed by atoms with Crippen LogP contribution in [0.3, 0.4) is 0 Å². The summed E-state index contributed by atoms with van der Waals surface area (Å²) in [6.07, 6.45) is 10.5. The summed E-state index contributed by atoms with van der Waals surface area (Å²) in [6.45, 7) is 11.5. The van der Waals surface area contributed by atoms with Crippen molar-refractivity contribution in [1.29, 1.82) is 0 Å². The molecule has 0 amide bonds. The second-order valence-corrected chi connectivity index (χ2v) is 17.1. The van der Waals surface area contributed by atoms with E-state index >= 15 is 0 Å². The molecule has 0 bridgehead atoms. The smallest absolute Gasteiger partial charge is 0.347 e. The van der Waals surface area contributed by atoms with Gasteiger partial charge in [0.15, 0.2) is 40.7 Å². The Morgan fingerprint density at radius 2 is 1.58 bits per heavy atom. The Hall–Kier alpha value is -6.58. The molecule has 0 saturated heterocycles. The number of aryl methyl sites for hydroxylation is 1. The molecule has 7 rings (SSSR count). The number of allylic oxidation sites excluding steroid dienone is 4. The second kappa shape index (κ2) is 16.4. The van der Waals surface area contributed by atoms with Gasteiger partial charge in [0.05, 0.1) is 11.1 Å². The lowest BCUT2D eigenvalue weighted by molar-refractivity contribution is -0.185. The van der Waals surface area contributed by atoms with Gasteiger partial charge in [-0.2, -0.15) is 0 Å². The van der Waals surface area contributed by atoms with Crippen molar-refractivity contribution >= 4 is 47.7 Å². The van der Waals surface area contributed by atoms with Crippen molar-refractivity contribution in [3.05, 3.63) is 74.9 Å². The molecule has 4 aliphatic carbocycles. The lowest BCUT2D eigenvalue weighted by Crippen LogP contribution is -2.58. The van der Waals surface area contributed by atoms with Crippen molar-refractivity contribution in [2.24, 2.45) is 28.6 Å². The summed E-state index contributed by atoms with van der Waals surface area (Å²) in [5, 5.41) is 38.9. The number of hydrogen-bond donors (Lipinski definition) is 4. The molecule has 1 heterocycles. The summed E-state index contributed by atoms with van der Waals surface area (Å²) >= 11 is 0. The fraction of sp³-hybridized carbons (Fsp3) is 0.435. The number of rotatable bonds is 8. The van der Waals surface area contributed by atoms with Crippen LogP contribution in [0.4, 0.5) is 0 Å². The SMILES string of the molecule is CC(=O)OC1(C(C)=O)CCC2C3C=C(C)C4=CC(=O)CCC4(C)C3CCC21C.Cc1cc(O)c(C=O)c2c1C(=O)Oc1c(COC(=O)C=CC(=O)O)c(O)c(C(=O)O)c(C)c1O2. The first-order valence-corrected chi connectivity index (χ1v) is 20.1. The van der Waals surface area contributed by atoms with Gasteiger partial charge < -0.3 is 39.4 Å². The van der Waals surface area contributed by atoms with Gasteiger partial charge in [-0.1, -0.05) is 25.5 Å². The number of carboxylic acids is 2. The molecule has 0 aromatic heterocycles. The zero-order valence-electron chi connectivity index (χ0n) is 35.3. The number of ketones is 2. The minimum atomic E-state index is -1.60. The van der Waals surface area contributed by atoms with Crippen molar-refractivity contribution in [3.8, 4) is 28.7 Å². The highest BCUT2D eigenvalue weighted by molar-refractivity contribution is 6.03. The minimum absolute atomic E-state index is 0.0160. The van der Waals surface area contributed by atoms with E-state index in [1.54, 1.807) is 6.92 Å². The van der Waals surface area contributed by atoms with Crippen LogP contribution in [0, 0.1) is 42.4 Å². The molecule has 16 nitrogen and oxygen atoms in total. The van der Waals surface area contributed by atoms with Crippen molar-refractivity contribution in [2.45, 2.75) is 99.2 Å². The van der Waals surface area contributed by atoms with Crippen molar-refractivity contribution in [3.63, 3.8) is 0 Å². The number of esters is 3. The van der Waals surface area contributed by atoms with Gasteiger partial charge in [0.1, 0.15) is 29.2 Å². The number of aromatic hydroxyl groups is 2. The van der Waals surface area contributed by atoms with E-state index in [4.69, 9.17) is 24.1 Å². The molecule has 328 valence electrons. The Kier molecular flexibility index (Phi) is 11.9. The fourth-order valence-electron chi connectivity index (χ4n) is 10.8. The molecular formula is C46H48O16. The third-order valence-electron chi connectivity index (χ3n) is 13.7. The van der Waals surface area contributed by atoms with Crippen LogP contribution in [0.2, 0.25) is 0 Å². The molecule has 2 aromatic rings. The van der Waals surface area contributed by atoms with Crippen molar-refractivity contribution in [2.75, 3.05) is 0 Å². The van der Waals surface area contributed by atoms with Crippen molar-refractivity contribution in [1.82, 2.24) is 0 Å². The predicted octanol–water partition coefficient (Wildman–Crippen LogP) is 6.81. The summed E-state index contributed by atoms with van der Waals surface area (Å²) in [6, 6.07) is 1.13. The summed E-state index contributed by atoms with van der Waals surface area (Å²) in [5.74, 6) is -6.88. The number of carbonyl (C=O) groups excluding carboxylic acids is 6. The van der Waals surface area contributed by atoms with Crippen LogP contribution in [0.15, 0.2) is 41.5 Å². The number of fused-ring (bicyclic) bond motifs is 7. The Morgan fingerprint density at radius 3 is 2.19 bits per heavy atom. The Bertz CT molecular complexity index is 2450. The number of benzene rings is 2. The van der Waals surface area contributed by atoms with E-state index in [9.17, 15) is 53.7 Å². The highest BCUT2D eigenvalue weighted by Crippen LogP contribution is 2.68. The van der Waals surface area contributed by atoms with Gasteiger partial charge in [-0.05, 0) is 106 Å². The topological polar surface area (TPSA) is 254 Å². The summed E-state index contributed by atoms with van der Waals surface area (Å²) in [5.41, 5.74) is -0.649. The van der Waals surface area contributed by atoms with Crippen LogP contribution in [-0.4, -0.2) is 73.7 Å². The standard InChI is InChI=1S/C24H32O4.C22H16O12/c1-14-12-18-19(22(4)9-6-17(27)13-21(14)22)7-10-23(5)20(18)8-11-24(23,15(2)25)28-16(3)26;1-8-5-12(24)10(6-23)19-15(8)22(31)34-20-11(7-32-14(27)4-3-13(25)26)17(28)16(21(29)30)9(2)18(20)33-19/h12-13,18-20H,6-11H2,1-5H3;3-6,24,28H,7H2,1-2H3,(H,25,26)(H,29,30). The number of carboxylic acid groups (broad SMARTS) is 2. The molecule has 4 N–H and O–H groups in total. The van der Waals surface area contributed by atoms with E-state index in [-0.39, 0.29) is 57.1 Å². The van der Waals surface area contributed by atoms with Crippen LogP contribution in [0.5, 0.6) is 28.7 Å². The highest BCUT2D eigenvalue weighted by atomic mass is 16.6. The van der Waals surface area contributed by atoms with Gasteiger partial charge in [-0.15, -0.1) is 0 Å². The summed E-state index contributed by atoms with van der Waals surface area (Å²) < 4.78 is 21.7. The van der Waals surface area contributed by atoms with Gasteiger partial charge in [-0.3, -0.25) is 19.2 Å². The maximum absolute atomic E-state index is 12.9. The van der Waals surface area contributed by atoms with Gasteiger partial charge in [0, 0.05) is 36.5 Å². The molecule has 6 atom stereocenters. The molecule has 2 fully saturated rings. The predicted molar refractivity (Wildman–Crippen MR) is 216 cm³/mol. The van der Waals surface area contributed by atoms with Crippen LogP contribution in [-0.2, 0) is 40.1 Å². The van der Waals surface area contributed by atoms with Gasteiger partial charge >= 0.3 is 29.8 Å². The first-order chi connectivity index (χ1) is 29.0. The molecule has 1 aliphatic heterocycles. The molecule has 2 aromatic carbocycles. The molecule has 62 heavy (non-hydrogen) atoms. The van der Waals surface area contributed by atoms with E-state index in [1.807, 2.05) is 6.08 Å². The summed E-state index contributed by atoms with van der Waals surface area (Å²) in [4.78, 5) is 95.4. The Labute approximate surface area is 356 Å². The molecule has 0 radical (unpaired) electrons. The molecule has 6 unspecified atom stereocenters. The molecule has 2 saturated carbocycles. The second-order valence-electron chi connectivity index (χ2n) is 17.1. The number of phenols is 2. The third-order valence-corrected chi connectivity index (χ3v) is 13.7. The van der Waals surface area contributed by atoms with Gasteiger partial charge in [-0.25, -0.2) is 19.2 Å². The normalized spacial score (nSPS) is 26.8. The Morgan fingerprint density at radius 1 is 0.903 bits per heavy atom. The van der Waals surface area contributed by atoms with Crippen molar-refractivity contribution < 1.29 is 77.7 Å². The number of aldehydes is 1. The maximum Gasteiger partial charge on any atom is 0.347 e. The molecular weight excluding hydrogens is 808 g/mol. The lowest BCUT2D eigenvalue weighted by atomic mass is 9.47. The first kappa shape index (κ1) is 45.0. The number of phenolic OH excluding ortho intramolecular Hbond substituents is 1. The first-order valence-electron chi connectivity index (χ1n) is 20.1. The van der Waals surface area contributed by atoms with Crippen LogP contribution in [0.25, 0.3) is 0 Å². The van der Waals surface area contributed by atoms with Gasteiger partial charge in [0.2, 0.25) is 0 Å². The van der Waals surface area contributed by atoms with Crippen LogP contribution >= 0.6 is 0 Å².